The number of hydrogen-bond donors (Lipinski definition) is 1. The Hall–Kier alpha value is -1.40. The van der Waals surface area contributed by atoms with E-state index in [1.165, 1.54) is 12.1 Å². The predicted octanol–water partition coefficient (Wildman–Crippen LogP) is 2.55. The number of benzene rings is 1. The van der Waals surface area contributed by atoms with Gasteiger partial charge in [-0.1, -0.05) is 18.6 Å². The average Bonchev–Trinajstić information content (AvgIpc) is 2.17. The van der Waals surface area contributed by atoms with Crippen LogP contribution >= 0.6 is 0 Å². The zero-order valence-electron chi connectivity index (χ0n) is 8.28. The molecule has 0 aromatic heterocycles. The highest BCUT2D eigenvalue weighted by Crippen LogP contribution is 2.49. The molecule has 1 aliphatic carbocycles. The van der Waals surface area contributed by atoms with Gasteiger partial charge in [0.05, 0.1) is 17.6 Å². The second kappa shape index (κ2) is 3.63. The van der Waals surface area contributed by atoms with Crippen LogP contribution in [0.4, 0.5) is 4.39 Å². The summed E-state index contributed by atoms with van der Waals surface area (Å²) in [4.78, 5) is 0. The maximum Gasteiger partial charge on any atom is 0.123 e. The van der Waals surface area contributed by atoms with Gasteiger partial charge in [0.25, 0.3) is 0 Å². The lowest BCUT2D eigenvalue weighted by Gasteiger charge is -2.39. The fourth-order valence-corrected chi connectivity index (χ4v) is 2.00. The summed E-state index contributed by atoms with van der Waals surface area (Å²) in [5.41, 5.74) is -0.190. The van der Waals surface area contributed by atoms with Crippen molar-refractivity contribution < 1.29 is 9.50 Å². The molecule has 0 amide bonds. The van der Waals surface area contributed by atoms with Crippen molar-refractivity contribution >= 4 is 0 Å². The third kappa shape index (κ3) is 1.62. The smallest absolute Gasteiger partial charge is 0.123 e. The molecule has 0 heterocycles. The molecule has 1 aromatic rings. The largest absolute Gasteiger partial charge is 0.387 e. The van der Waals surface area contributed by atoms with Crippen LogP contribution in [0, 0.1) is 22.6 Å². The van der Waals surface area contributed by atoms with Gasteiger partial charge in [0, 0.05) is 0 Å². The fraction of sp³-hybridized carbons (Fsp3) is 0.417. The fourth-order valence-electron chi connectivity index (χ4n) is 2.00. The molecular weight excluding hydrogens is 193 g/mol. The molecule has 0 spiro atoms. The van der Waals surface area contributed by atoms with Crippen molar-refractivity contribution in [2.24, 2.45) is 5.41 Å². The molecule has 0 bridgehead atoms. The zero-order chi connectivity index (χ0) is 10.9. The number of aliphatic hydroxyl groups is 1. The lowest BCUT2D eigenvalue weighted by atomic mass is 9.65. The van der Waals surface area contributed by atoms with Crippen LogP contribution in [0.15, 0.2) is 24.3 Å². The third-order valence-electron chi connectivity index (χ3n) is 3.16. The van der Waals surface area contributed by atoms with E-state index in [2.05, 4.69) is 6.07 Å². The normalized spacial score (nSPS) is 20.1. The van der Waals surface area contributed by atoms with Crippen LogP contribution in [0.3, 0.4) is 0 Å². The summed E-state index contributed by atoms with van der Waals surface area (Å²) in [7, 11) is 0. The molecule has 1 atom stereocenters. The first-order chi connectivity index (χ1) is 7.18. The summed E-state index contributed by atoms with van der Waals surface area (Å²) in [5.74, 6) is -0.376. The molecule has 2 nitrogen and oxygen atoms in total. The Morgan fingerprint density at radius 1 is 1.47 bits per heavy atom. The first-order valence-corrected chi connectivity index (χ1v) is 5.03. The summed E-state index contributed by atoms with van der Waals surface area (Å²) in [6, 6.07) is 7.99. The molecule has 0 aliphatic heterocycles. The molecule has 15 heavy (non-hydrogen) atoms. The molecule has 0 saturated heterocycles. The molecule has 1 unspecified atom stereocenters. The number of hydrogen-bond acceptors (Lipinski definition) is 2. The van der Waals surface area contributed by atoms with Gasteiger partial charge in [0.1, 0.15) is 5.82 Å². The lowest BCUT2D eigenvalue weighted by Crippen LogP contribution is -2.34. The Morgan fingerprint density at radius 2 is 2.20 bits per heavy atom. The number of nitriles is 1. The van der Waals surface area contributed by atoms with Crippen LogP contribution < -0.4 is 0 Å². The number of aliphatic hydroxyl groups excluding tert-OH is 1. The molecular formula is C12H12FNO. The number of nitrogens with zero attached hydrogens (tertiary/aromatic N) is 1. The van der Waals surface area contributed by atoms with E-state index in [4.69, 9.17) is 5.26 Å². The Labute approximate surface area is 88.0 Å². The minimum absolute atomic E-state index is 0.376. The van der Waals surface area contributed by atoms with Crippen molar-refractivity contribution in [1.29, 1.82) is 5.26 Å². The highest BCUT2D eigenvalue weighted by atomic mass is 19.1. The first-order valence-electron chi connectivity index (χ1n) is 5.03. The van der Waals surface area contributed by atoms with E-state index >= 15 is 0 Å². The van der Waals surface area contributed by atoms with Crippen LogP contribution in [-0.4, -0.2) is 5.11 Å². The minimum Gasteiger partial charge on any atom is -0.387 e. The summed E-state index contributed by atoms with van der Waals surface area (Å²) in [6.07, 6.45) is 1.48. The van der Waals surface area contributed by atoms with Crippen LogP contribution in [-0.2, 0) is 0 Å². The van der Waals surface area contributed by atoms with Crippen molar-refractivity contribution in [3.05, 3.63) is 35.6 Å². The number of halogens is 1. The van der Waals surface area contributed by atoms with Gasteiger partial charge in [-0.3, -0.25) is 0 Å². The van der Waals surface area contributed by atoms with Crippen LogP contribution in [0.25, 0.3) is 0 Å². The second-order valence-corrected chi connectivity index (χ2v) is 4.08. The predicted molar refractivity (Wildman–Crippen MR) is 53.3 cm³/mol. The van der Waals surface area contributed by atoms with Crippen molar-refractivity contribution in [2.45, 2.75) is 25.4 Å². The molecule has 1 fully saturated rings. The third-order valence-corrected chi connectivity index (χ3v) is 3.16. The molecule has 2 rings (SSSR count). The van der Waals surface area contributed by atoms with Crippen LogP contribution in [0.5, 0.6) is 0 Å². The molecule has 0 radical (unpaired) electrons. The Morgan fingerprint density at radius 3 is 2.67 bits per heavy atom. The van der Waals surface area contributed by atoms with Gasteiger partial charge < -0.3 is 5.11 Å². The monoisotopic (exact) mass is 205 g/mol. The molecule has 78 valence electrons. The topological polar surface area (TPSA) is 44.0 Å². The van der Waals surface area contributed by atoms with E-state index in [0.29, 0.717) is 18.4 Å². The molecule has 1 aliphatic rings. The van der Waals surface area contributed by atoms with Gasteiger partial charge >= 0.3 is 0 Å². The Balaban J connectivity index is 2.28. The number of rotatable bonds is 2. The maximum atomic E-state index is 12.9. The van der Waals surface area contributed by atoms with Crippen LogP contribution in [0.2, 0.25) is 0 Å². The van der Waals surface area contributed by atoms with Gasteiger partial charge in [0.2, 0.25) is 0 Å². The van der Waals surface area contributed by atoms with Crippen molar-refractivity contribution in [1.82, 2.24) is 0 Å². The van der Waals surface area contributed by atoms with E-state index in [1.807, 2.05) is 0 Å². The summed E-state index contributed by atoms with van der Waals surface area (Å²) < 4.78 is 12.9. The van der Waals surface area contributed by atoms with Crippen molar-refractivity contribution in [3.8, 4) is 6.07 Å². The Kier molecular flexibility index (Phi) is 2.45. The average molecular weight is 205 g/mol. The van der Waals surface area contributed by atoms with E-state index in [9.17, 15) is 9.50 Å². The van der Waals surface area contributed by atoms with Gasteiger partial charge in [-0.2, -0.15) is 5.26 Å². The quantitative estimate of drug-likeness (QED) is 0.806. The maximum absolute atomic E-state index is 12.9. The standard InChI is InChI=1S/C12H12FNO/c13-10-4-1-3-9(7-10)11(15)12(8-14)5-2-6-12/h1,3-4,7,11,15H,2,5-6H2. The first kappa shape index (κ1) is 10.1. The van der Waals surface area contributed by atoms with E-state index in [1.54, 1.807) is 12.1 Å². The second-order valence-electron chi connectivity index (χ2n) is 4.08. The van der Waals surface area contributed by atoms with E-state index in [0.717, 1.165) is 6.42 Å². The molecule has 1 aromatic carbocycles. The molecule has 1 saturated carbocycles. The van der Waals surface area contributed by atoms with Gasteiger partial charge in [-0.25, -0.2) is 4.39 Å². The lowest BCUT2D eigenvalue weighted by molar-refractivity contribution is 0.00777. The van der Waals surface area contributed by atoms with E-state index in [-0.39, 0.29) is 5.82 Å². The highest BCUT2D eigenvalue weighted by Gasteiger charge is 2.44. The summed E-state index contributed by atoms with van der Waals surface area (Å²) in [5, 5.41) is 19.1. The van der Waals surface area contributed by atoms with Crippen molar-refractivity contribution in [3.63, 3.8) is 0 Å². The van der Waals surface area contributed by atoms with Crippen molar-refractivity contribution in [2.75, 3.05) is 0 Å². The zero-order valence-corrected chi connectivity index (χ0v) is 8.28. The Bertz CT molecular complexity index is 406. The highest BCUT2D eigenvalue weighted by molar-refractivity contribution is 5.25. The summed E-state index contributed by atoms with van der Waals surface area (Å²) in [6.45, 7) is 0. The van der Waals surface area contributed by atoms with E-state index < -0.39 is 11.5 Å². The molecule has 1 N–H and O–H groups in total. The van der Waals surface area contributed by atoms with Gasteiger partial charge in [0.15, 0.2) is 0 Å². The SMILES string of the molecule is N#CC1(C(O)c2cccc(F)c2)CCC1. The van der Waals surface area contributed by atoms with Gasteiger partial charge in [-0.05, 0) is 30.5 Å². The van der Waals surface area contributed by atoms with Gasteiger partial charge in [-0.15, -0.1) is 0 Å². The summed E-state index contributed by atoms with van der Waals surface area (Å²) >= 11 is 0. The van der Waals surface area contributed by atoms with Crippen LogP contribution in [0.1, 0.15) is 30.9 Å². The minimum atomic E-state index is -0.869. The molecule has 3 heteroatoms.